The van der Waals surface area contributed by atoms with Gasteiger partial charge < -0.3 is 15.0 Å². The van der Waals surface area contributed by atoms with Crippen molar-refractivity contribution in [1.29, 1.82) is 0 Å². The van der Waals surface area contributed by atoms with Crippen molar-refractivity contribution in [3.8, 4) is 5.75 Å². The zero-order valence-electron chi connectivity index (χ0n) is 14.7. The molecule has 0 fully saturated rings. The Labute approximate surface area is 158 Å². The van der Waals surface area contributed by atoms with Crippen molar-refractivity contribution < 1.29 is 24.0 Å². The zero-order valence-corrected chi connectivity index (χ0v) is 14.7. The van der Waals surface area contributed by atoms with E-state index < -0.39 is 28.6 Å². The SMILES string of the molecule is CC(NC(=O)C(=O)c1c[nH]c2ccc([N+](=O)[O-])cc12)C(=O)Oc1ccccc1. The van der Waals surface area contributed by atoms with Gasteiger partial charge in [0, 0.05) is 29.2 Å². The van der Waals surface area contributed by atoms with Gasteiger partial charge in [0.15, 0.2) is 0 Å². The number of ether oxygens (including phenoxy) is 1. The Kier molecular flexibility index (Phi) is 5.16. The van der Waals surface area contributed by atoms with Gasteiger partial charge in [-0.05, 0) is 25.1 Å². The highest BCUT2D eigenvalue weighted by Crippen LogP contribution is 2.24. The average Bonchev–Trinajstić information content (AvgIpc) is 3.11. The third kappa shape index (κ3) is 3.88. The number of nitrogens with zero attached hydrogens (tertiary/aromatic N) is 1. The zero-order chi connectivity index (χ0) is 20.3. The number of ketones is 1. The number of aromatic nitrogens is 1. The molecule has 0 aliphatic heterocycles. The molecule has 3 aromatic rings. The molecule has 1 heterocycles. The number of carbonyl (C=O) groups excluding carboxylic acids is 3. The van der Waals surface area contributed by atoms with Crippen LogP contribution in [-0.4, -0.2) is 33.6 Å². The Balaban J connectivity index is 1.73. The van der Waals surface area contributed by atoms with Crippen LogP contribution >= 0.6 is 0 Å². The Morgan fingerprint density at radius 3 is 2.54 bits per heavy atom. The van der Waals surface area contributed by atoms with Crippen molar-refractivity contribution >= 4 is 34.3 Å². The maximum atomic E-state index is 12.5. The van der Waals surface area contributed by atoms with Crippen molar-refractivity contribution in [2.24, 2.45) is 0 Å². The summed E-state index contributed by atoms with van der Waals surface area (Å²) in [5.74, 6) is -2.37. The number of aromatic amines is 1. The lowest BCUT2D eigenvalue weighted by Gasteiger charge is -2.12. The fraction of sp³-hybridized carbons (Fsp3) is 0.105. The molecular weight excluding hydrogens is 366 g/mol. The van der Waals surface area contributed by atoms with Crippen LogP contribution in [0.15, 0.2) is 54.7 Å². The molecule has 1 amide bonds. The number of hydrogen-bond donors (Lipinski definition) is 2. The van der Waals surface area contributed by atoms with E-state index >= 15 is 0 Å². The number of nitro groups is 1. The molecule has 3 rings (SSSR count). The number of esters is 1. The molecule has 0 aliphatic rings. The Hall–Kier alpha value is -4.01. The number of rotatable bonds is 6. The van der Waals surface area contributed by atoms with Gasteiger partial charge in [0.1, 0.15) is 11.8 Å². The van der Waals surface area contributed by atoms with Gasteiger partial charge >= 0.3 is 5.97 Å². The molecule has 0 spiro atoms. The number of carbonyl (C=O) groups is 3. The van der Waals surface area contributed by atoms with E-state index in [0.717, 1.165) is 0 Å². The molecule has 1 unspecified atom stereocenters. The van der Waals surface area contributed by atoms with Gasteiger partial charge in [0.05, 0.1) is 10.5 Å². The van der Waals surface area contributed by atoms with Gasteiger partial charge in [-0.3, -0.25) is 19.7 Å². The van der Waals surface area contributed by atoms with Crippen LogP contribution < -0.4 is 10.1 Å². The number of hydrogen-bond acceptors (Lipinski definition) is 6. The number of amides is 1. The highest BCUT2D eigenvalue weighted by Gasteiger charge is 2.25. The molecular formula is C19H15N3O6. The lowest BCUT2D eigenvalue weighted by Crippen LogP contribution is -2.43. The molecule has 0 bridgehead atoms. The highest BCUT2D eigenvalue weighted by molar-refractivity contribution is 6.45. The van der Waals surface area contributed by atoms with Crippen molar-refractivity contribution in [3.05, 3.63) is 70.4 Å². The van der Waals surface area contributed by atoms with E-state index in [1.54, 1.807) is 30.3 Å². The number of H-pyrrole nitrogens is 1. The summed E-state index contributed by atoms with van der Waals surface area (Å²) in [4.78, 5) is 49.9. The number of nitrogens with one attached hydrogen (secondary N) is 2. The summed E-state index contributed by atoms with van der Waals surface area (Å²) in [5, 5.41) is 13.5. The average molecular weight is 381 g/mol. The molecule has 0 saturated heterocycles. The molecule has 0 saturated carbocycles. The van der Waals surface area contributed by atoms with Crippen LogP contribution in [0.4, 0.5) is 5.69 Å². The molecule has 0 radical (unpaired) electrons. The first-order chi connectivity index (χ1) is 13.4. The Morgan fingerprint density at radius 1 is 1.14 bits per heavy atom. The minimum absolute atomic E-state index is 0.0279. The van der Waals surface area contributed by atoms with Gasteiger partial charge in [-0.25, -0.2) is 4.79 Å². The molecule has 9 nitrogen and oxygen atoms in total. The smallest absolute Gasteiger partial charge is 0.333 e. The summed E-state index contributed by atoms with van der Waals surface area (Å²) < 4.78 is 5.11. The minimum atomic E-state index is -1.07. The molecule has 2 N–H and O–H groups in total. The second kappa shape index (κ2) is 7.70. The van der Waals surface area contributed by atoms with Crippen molar-refractivity contribution in [2.45, 2.75) is 13.0 Å². The maximum Gasteiger partial charge on any atom is 0.333 e. The second-order valence-electron chi connectivity index (χ2n) is 5.95. The Bertz CT molecular complexity index is 1070. The Morgan fingerprint density at radius 2 is 1.86 bits per heavy atom. The van der Waals surface area contributed by atoms with Gasteiger partial charge in [-0.1, -0.05) is 18.2 Å². The maximum absolute atomic E-state index is 12.5. The normalized spacial score (nSPS) is 11.6. The lowest BCUT2D eigenvalue weighted by molar-refractivity contribution is -0.384. The summed E-state index contributed by atoms with van der Waals surface area (Å²) in [6.07, 6.45) is 1.29. The van der Waals surface area contributed by atoms with Crippen molar-refractivity contribution in [2.75, 3.05) is 0 Å². The van der Waals surface area contributed by atoms with E-state index in [0.29, 0.717) is 11.3 Å². The van der Waals surface area contributed by atoms with E-state index in [2.05, 4.69) is 10.3 Å². The number of para-hydroxylation sites is 1. The quantitative estimate of drug-likeness (QED) is 0.168. The van der Waals surface area contributed by atoms with Crippen LogP contribution in [-0.2, 0) is 9.59 Å². The first-order valence-corrected chi connectivity index (χ1v) is 8.24. The fourth-order valence-electron chi connectivity index (χ4n) is 2.55. The summed E-state index contributed by atoms with van der Waals surface area (Å²) in [6.45, 7) is 1.39. The number of benzene rings is 2. The first kappa shape index (κ1) is 18.8. The predicted octanol–water partition coefficient (Wildman–Crippen LogP) is 2.37. The van der Waals surface area contributed by atoms with E-state index in [-0.39, 0.29) is 16.6 Å². The van der Waals surface area contributed by atoms with Crippen LogP contribution in [0.1, 0.15) is 17.3 Å². The van der Waals surface area contributed by atoms with E-state index in [1.807, 2.05) is 0 Å². The summed E-state index contributed by atoms with van der Waals surface area (Å²) in [6, 6.07) is 11.2. The number of Topliss-reactive ketones (excluding diaryl/α,β-unsaturated/α-hetero) is 1. The minimum Gasteiger partial charge on any atom is -0.425 e. The largest absolute Gasteiger partial charge is 0.425 e. The van der Waals surface area contributed by atoms with E-state index in [9.17, 15) is 24.5 Å². The van der Waals surface area contributed by atoms with Gasteiger partial charge in [-0.15, -0.1) is 0 Å². The number of non-ortho nitro benzene ring substituents is 1. The summed E-state index contributed by atoms with van der Waals surface area (Å²) >= 11 is 0. The number of nitro benzene ring substituents is 1. The monoisotopic (exact) mass is 381 g/mol. The van der Waals surface area contributed by atoms with E-state index in [1.165, 1.54) is 31.3 Å². The van der Waals surface area contributed by atoms with Crippen LogP contribution in [0.5, 0.6) is 5.75 Å². The van der Waals surface area contributed by atoms with Gasteiger partial charge in [0.2, 0.25) is 0 Å². The van der Waals surface area contributed by atoms with Gasteiger partial charge in [0.25, 0.3) is 17.4 Å². The third-order valence-corrected chi connectivity index (χ3v) is 3.99. The first-order valence-electron chi connectivity index (χ1n) is 8.24. The molecule has 28 heavy (non-hydrogen) atoms. The molecule has 1 aromatic heterocycles. The highest BCUT2D eigenvalue weighted by atomic mass is 16.6. The topological polar surface area (TPSA) is 131 Å². The van der Waals surface area contributed by atoms with Crippen molar-refractivity contribution in [1.82, 2.24) is 10.3 Å². The summed E-state index contributed by atoms with van der Waals surface area (Å²) in [7, 11) is 0. The molecule has 2 aromatic carbocycles. The molecule has 0 aliphatic carbocycles. The van der Waals surface area contributed by atoms with Crippen molar-refractivity contribution in [3.63, 3.8) is 0 Å². The summed E-state index contributed by atoms with van der Waals surface area (Å²) in [5.41, 5.74) is 0.236. The predicted molar refractivity (Wildman–Crippen MR) is 99.0 cm³/mol. The second-order valence-corrected chi connectivity index (χ2v) is 5.95. The van der Waals surface area contributed by atoms with Crippen LogP contribution in [0.2, 0.25) is 0 Å². The number of fused-ring (bicyclic) bond motifs is 1. The molecule has 9 heteroatoms. The third-order valence-electron chi connectivity index (χ3n) is 3.99. The van der Waals surface area contributed by atoms with Crippen LogP contribution in [0.25, 0.3) is 10.9 Å². The molecule has 142 valence electrons. The van der Waals surface area contributed by atoms with Crippen LogP contribution in [0.3, 0.4) is 0 Å². The fourth-order valence-corrected chi connectivity index (χ4v) is 2.55. The standard InChI is InChI=1S/C19H15N3O6/c1-11(19(25)28-13-5-3-2-4-6-13)21-18(24)17(23)15-10-20-16-8-7-12(22(26)27)9-14(15)16/h2-11,20H,1H3,(H,21,24). The van der Waals surface area contributed by atoms with E-state index in [4.69, 9.17) is 4.74 Å². The lowest BCUT2D eigenvalue weighted by atomic mass is 10.1. The molecule has 1 atom stereocenters. The van der Waals surface area contributed by atoms with Crippen LogP contribution in [0, 0.1) is 10.1 Å². The van der Waals surface area contributed by atoms with Gasteiger partial charge in [-0.2, -0.15) is 0 Å².